The average Bonchev–Trinajstić information content (AvgIpc) is 3.73. The van der Waals surface area contributed by atoms with Gasteiger partial charge in [-0.3, -0.25) is 0 Å². The third kappa shape index (κ3) is 4.18. The van der Waals surface area contributed by atoms with Crippen LogP contribution >= 0.6 is 0 Å². The molecule has 2 aromatic heterocycles. The van der Waals surface area contributed by atoms with Crippen molar-refractivity contribution in [2.45, 2.75) is 6.17 Å². The third-order valence-corrected chi connectivity index (χ3v) is 9.34. The zero-order valence-corrected chi connectivity index (χ0v) is 25.7. The number of nitrogens with zero attached hydrogens (tertiary/aromatic N) is 2. The molecule has 0 saturated carbocycles. The minimum Gasteiger partial charge on any atom is -0.456 e. The molecule has 1 N–H and O–H groups in total. The van der Waals surface area contributed by atoms with E-state index in [1.165, 1.54) is 10.8 Å². The molecule has 0 saturated heterocycles. The molecule has 1 aliphatic heterocycles. The lowest BCUT2D eigenvalue weighted by molar-refractivity contribution is 0.668. The molecule has 1 atom stereocenters. The van der Waals surface area contributed by atoms with E-state index in [2.05, 4.69) is 96.3 Å². The van der Waals surface area contributed by atoms with E-state index in [0.717, 1.165) is 77.5 Å². The van der Waals surface area contributed by atoms with Crippen molar-refractivity contribution in [1.82, 2.24) is 5.32 Å². The summed E-state index contributed by atoms with van der Waals surface area (Å²) >= 11 is 0. The van der Waals surface area contributed by atoms with Crippen LogP contribution in [0.5, 0.6) is 0 Å². The van der Waals surface area contributed by atoms with Crippen LogP contribution in [0.4, 0.5) is 0 Å². The normalized spacial score (nSPS) is 14.9. The van der Waals surface area contributed by atoms with Crippen molar-refractivity contribution < 1.29 is 8.83 Å². The van der Waals surface area contributed by atoms with E-state index in [0.29, 0.717) is 5.84 Å². The molecule has 0 fully saturated rings. The molecule has 9 aromatic rings. The fourth-order valence-corrected chi connectivity index (χ4v) is 7.13. The standard InChI is InChI=1S/C43H27N3O2/c1-3-12-26(13-4-1)41-44-42(27-14-5-2-6-15-27)46-43(45-41)33-19-11-21-36-40(33)32-23-22-28(24-37(32)48-36)34-25-38-39(30-17-8-7-16-29(30)34)31-18-9-10-20-35(31)47-38/h1-25,41H,(H,44,45,46). The summed E-state index contributed by atoms with van der Waals surface area (Å²) in [7, 11) is 0. The van der Waals surface area contributed by atoms with E-state index in [-0.39, 0.29) is 6.17 Å². The summed E-state index contributed by atoms with van der Waals surface area (Å²) in [4.78, 5) is 10.2. The summed E-state index contributed by atoms with van der Waals surface area (Å²) < 4.78 is 12.9. The largest absolute Gasteiger partial charge is 0.456 e. The van der Waals surface area contributed by atoms with Gasteiger partial charge in [0, 0.05) is 32.7 Å². The molecule has 0 spiro atoms. The minimum atomic E-state index is -0.282. The zero-order chi connectivity index (χ0) is 31.6. The fourth-order valence-electron chi connectivity index (χ4n) is 7.13. The maximum absolute atomic E-state index is 6.57. The summed E-state index contributed by atoms with van der Waals surface area (Å²) in [5.41, 5.74) is 8.55. The van der Waals surface area contributed by atoms with Crippen molar-refractivity contribution in [1.29, 1.82) is 0 Å². The van der Waals surface area contributed by atoms with Gasteiger partial charge in [0.25, 0.3) is 0 Å². The van der Waals surface area contributed by atoms with Crippen molar-refractivity contribution in [3.8, 4) is 11.1 Å². The van der Waals surface area contributed by atoms with Gasteiger partial charge in [-0.05, 0) is 57.8 Å². The molecule has 3 heterocycles. The summed E-state index contributed by atoms with van der Waals surface area (Å²) in [6.07, 6.45) is -0.282. The van der Waals surface area contributed by atoms with Crippen molar-refractivity contribution >= 4 is 66.3 Å². The van der Waals surface area contributed by atoms with Gasteiger partial charge in [0.05, 0.1) is 0 Å². The quantitative estimate of drug-likeness (QED) is 0.214. The summed E-state index contributed by atoms with van der Waals surface area (Å²) in [6, 6.07) is 52.1. The Morgan fingerprint density at radius 2 is 1.15 bits per heavy atom. The van der Waals surface area contributed by atoms with Gasteiger partial charge in [0.1, 0.15) is 34.3 Å². The Balaban J connectivity index is 1.15. The van der Waals surface area contributed by atoms with Crippen LogP contribution in [0, 0.1) is 0 Å². The molecule has 0 aliphatic carbocycles. The number of hydrogen-bond acceptors (Lipinski definition) is 5. The Morgan fingerprint density at radius 3 is 2.00 bits per heavy atom. The first-order valence-electron chi connectivity index (χ1n) is 16.1. The second-order valence-corrected chi connectivity index (χ2v) is 12.2. The van der Waals surface area contributed by atoms with Crippen LogP contribution in [-0.2, 0) is 0 Å². The SMILES string of the molecule is c1ccc(C2=NC(c3cccc4oc5cc(-c6cc7oc8ccccc8c7c7ccccc67)ccc5c34)=NC(c3ccccc3)N2)cc1. The van der Waals surface area contributed by atoms with Crippen LogP contribution in [-0.4, -0.2) is 11.7 Å². The van der Waals surface area contributed by atoms with Crippen LogP contribution in [0.1, 0.15) is 22.9 Å². The summed E-state index contributed by atoms with van der Waals surface area (Å²) in [5.74, 6) is 1.45. The van der Waals surface area contributed by atoms with Gasteiger partial charge in [-0.1, -0.05) is 121 Å². The van der Waals surface area contributed by atoms with Gasteiger partial charge in [0.15, 0.2) is 5.84 Å². The minimum absolute atomic E-state index is 0.282. The van der Waals surface area contributed by atoms with E-state index < -0.39 is 0 Å². The predicted octanol–water partition coefficient (Wildman–Crippen LogP) is 10.8. The van der Waals surface area contributed by atoms with E-state index in [9.17, 15) is 0 Å². The molecule has 7 aromatic carbocycles. The average molecular weight is 618 g/mol. The highest BCUT2D eigenvalue weighted by atomic mass is 16.3. The Bertz CT molecular complexity index is 2760. The Kier molecular flexibility index (Phi) is 5.87. The second kappa shape index (κ2) is 10.5. The van der Waals surface area contributed by atoms with Crippen LogP contribution in [0.25, 0.3) is 65.8 Å². The number of furan rings is 2. The number of fused-ring (bicyclic) bond motifs is 8. The van der Waals surface area contributed by atoms with E-state index in [4.69, 9.17) is 18.8 Å². The first-order chi connectivity index (χ1) is 23.8. The maximum atomic E-state index is 6.57. The number of nitrogens with one attached hydrogen (secondary N) is 1. The Morgan fingerprint density at radius 1 is 0.458 bits per heavy atom. The van der Waals surface area contributed by atoms with Gasteiger partial charge in [0.2, 0.25) is 0 Å². The molecule has 1 unspecified atom stereocenters. The van der Waals surface area contributed by atoms with Gasteiger partial charge < -0.3 is 14.2 Å². The molecule has 5 nitrogen and oxygen atoms in total. The highest BCUT2D eigenvalue weighted by Gasteiger charge is 2.24. The van der Waals surface area contributed by atoms with Crippen molar-refractivity contribution in [3.63, 3.8) is 0 Å². The highest BCUT2D eigenvalue weighted by Crippen LogP contribution is 2.42. The van der Waals surface area contributed by atoms with Crippen molar-refractivity contribution in [2.24, 2.45) is 9.98 Å². The summed E-state index contributed by atoms with van der Waals surface area (Å²) in [5, 5.41) is 10.2. The number of hydrogen-bond donors (Lipinski definition) is 1. The number of para-hydroxylation sites is 1. The van der Waals surface area contributed by atoms with Crippen LogP contribution in [0.3, 0.4) is 0 Å². The highest BCUT2D eigenvalue weighted by molar-refractivity contribution is 6.24. The van der Waals surface area contributed by atoms with Gasteiger partial charge in [-0.15, -0.1) is 0 Å². The lowest BCUT2D eigenvalue weighted by Gasteiger charge is -2.23. The maximum Gasteiger partial charge on any atom is 0.160 e. The molecular formula is C43H27N3O2. The van der Waals surface area contributed by atoms with Gasteiger partial charge >= 0.3 is 0 Å². The van der Waals surface area contributed by atoms with Crippen LogP contribution < -0.4 is 5.32 Å². The molecule has 0 radical (unpaired) electrons. The van der Waals surface area contributed by atoms with E-state index >= 15 is 0 Å². The Hall–Kier alpha value is -6.46. The molecule has 0 amide bonds. The first-order valence-corrected chi connectivity index (χ1v) is 16.1. The molecule has 10 rings (SSSR count). The fraction of sp³-hybridized carbons (Fsp3) is 0.0233. The Labute approximate surface area is 275 Å². The number of amidine groups is 2. The smallest absolute Gasteiger partial charge is 0.160 e. The third-order valence-electron chi connectivity index (χ3n) is 9.34. The van der Waals surface area contributed by atoms with Crippen molar-refractivity contribution in [3.05, 3.63) is 168 Å². The molecule has 48 heavy (non-hydrogen) atoms. The monoisotopic (exact) mass is 617 g/mol. The number of benzene rings is 7. The molecule has 5 heteroatoms. The molecule has 1 aliphatic rings. The van der Waals surface area contributed by atoms with Crippen LogP contribution in [0.15, 0.2) is 170 Å². The van der Waals surface area contributed by atoms with Gasteiger partial charge in [-0.25, -0.2) is 9.98 Å². The summed E-state index contributed by atoms with van der Waals surface area (Å²) in [6.45, 7) is 0. The zero-order valence-electron chi connectivity index (χ0n) is 25.7. The van der Waals surface area contributed by atoms with Crippen LogP contribution in [0.2, 0.25) is 0 Å². The predicted molar refractivity (Wildman–Crippen MR) is 196 cm³/mol. The number of aliphatic imine (C=N–C) groups is 2. The first kappa shape index (κ1) is 26.7. The van der Waals surface area contributed by atoms with E-state index in [1.807, 2.05) is 60.7 Å². The molecule has 0 bridgehead atoms. The van der Waals surface area contributed by atoms with Gasteiger partial charge in [-0.2, -0.15) is 0 Å². The molecule has 226 valence electrons. The lowest BCUT2D eigenvalue weighted by Crippen LogP contribution is -2.33. The molecular weight excluding hydrogens is 590 g/mol. The van der Waals surface area contributed by atoms with E-state index in [1.54, 1.807) is 0 Å². The topological polar surface area (TPSA) is 63.0 Å². The number of rotatable bonds is 4. The second-order valence-electron chi connectivity index (χ2n) is 12.2. The van der Waals surface area contributed by atoms with Crippen molar-refractivity contribution in [2.75, 3.05) is 0 Å². The lowest BCUT2D eigenvalue weighted by atomic mass is 9.94.